The van der Waals surface area contributed by atoms with E-state index in [9.17, 15) is 9.59 Å². The molecule has 0 fully saturated rings. The smallest absolute Gasteiger partial charge is 0.335 e. The van der Waals surface area contributed by atoms with Crippen molar-refractivity contribution in [2.24, 2.45) is 0 Å². The Balaban J connectivity index is 2.48. The van der Waals surface area contributed by atoms with Crippen molar-refractivity contribution in [3.05, 3.63) is 47.5 Å². The molecule has 1 aromatic carbocycles. The predicted molar refractivity (Wildman–Crippen MR) is 73.2 cm³/mol. The quantitative estimate of drug-likeness (QED) is 0.865. The topological polar surface area (TPSA) is 76.5 Å². The van der Waals surface area contributed by atoms with E-state index in [1.54, 1.807) is 24.3 Å². The number of hydrogen-bond donors (Lipinski definition) is 1. The first-order valence-electron chi connectivity index (χ1n) is 5.92. The Morgan fingerprint density at radius 2 is 1.75 bits per heavy atom. The number of Topliss-reactive ketones (excluding diaryl/α,β-unsaturated/α-hetero) is 1. The second kappa shape index (κ2) is 5.52. The number of ketones is 1. The van der Waals surface area contributed by atoms with E-state index in [0.717, 1.165) is 5.56 Å². The van der Waals surface area contributed by atoms with Crippen molar-refractivity contribution < 1.29 is 19.4 Å². The van der Waals surface area contributed by atoms with Crippen LogP contribution in [0.2, 0.25) is 0 Å². The van der Waals surface area contributed by atoms with Crippen LogP contribution in [-0.2, 0) is 0 Å². The average Bonchev–Trinajstić information content (AvgIpc) is 2.46. The largest absolute Gasteiger partial charge is 0.481 e. The van der Waals surface area contributed by atoms with Gasteiger partial charge in [-0.3, -0.25) is 4.79 Å². The molecule has 0 spiro atoms. The summed E-state index contributed by atoms with van der Waals surface area (Å²) in [5, 5.41) is 8.87. The number of carbonyl (C=O) groups excluding carboxylic acids is 1. The molecular weight excluding hydrogens is 258 g/mol. The van der Waals surface area contributed by atoms with Gasteiger partial charge in [0, 0.05) is 17.2 Å². The number of benzene rings is 1. The number of ether oxygens (including phenoxy) is 1. The Labute approximate surface area is 115 Å². The van der Waals surface area contributed by atoms with Crippen molar-refractivity contribution in [2.75, 3.05) is 7.11 Å². The van der Waals surface area contributed by atoms with E-state index in [0.29, 0.717) is 17.1 Å². The van der Waals surface area contributed by atoms with Crippen LogP contribution in [0.5, 0.6) is 5.88 Å². The Kier molecular flexibility index (Phi) is 3.79. The summed E-state index contributed by atoms with van der Waals surface area (Å²) in [5.74, 6) is -0.733. The molecule has 0 unspecified atom stereocenters. The lowest BCUT2D eigenvalue weighted by atomic mass is 10.1. The van der Waals surface area contributed by atoms with Gasteiger partial charge in [0.2, 0.25) is 5.88 Å². The summed E-state index contributed by atoms with van der Waals surface area (Å²) in [7, 11) is 1.48. The molecule has 0 bridgehead atoms. The molecule has 1 N–H and O–H groups in total. The number of carboxylic acid groups (broad SMARTS) is 1. The number of carbonyl (C=O) groups is 2. The summed E-state index contributed by atoms with van der Waals surface area (Å²) in [6.45, 7) is 1.46. The zero-order valence-corrected chi connectivity index (χ0v) is 11.1. The minimum atomic E-state index is -0.987. The minimum Gasteiger partial charge on any atom is -0.481 e. The van der Waals surface area contributed by atoms with Crippen molar-refractivity contribution in [2.45, 2.75) is 6.92 Å². The second-order valence-electron chi connectivity index (χ2n) is 4.22. The summed E-state index contributed by atoms with van der Waals surface area (Å²) >= 11 is 0. The van der Waals surface area contributed by atoms with Gasteiger partial charge in [0.25, 0.3) is 0 Å². The van der Waals surface area contributed by atoms with Crippen LogP contribution in [0.1, 0.15) is 27.6 Å². The van der Waals surface area contributed by atoms with E-state index < -0.39 is 5.97 Å². The van der Waals surface area contributed by atoms with E-state index in [1.807, 2.05) is 0 Å². The highest BCUT2D eigenvalue weighted by molar-refractivity contribution is 5.95. The fourth-order valence-corrected chi connectivity index (χ4v) is 1.74. The molecule has 5 nitrogen and oxygen atoms in total. The van der Waals surface area contributed by atoms with E-state index in [4.69, 9.17) is 9.84 Å². The van der Waals surface area contributed by atoms with Gasteiger partial charge in [0.05, 0.1) is 18.4 Å². The Morgan fingerprint density at radius 1 is 1.10 bits per heavy atom. The number of aromatic nitrogens is 1. The first-order chi connectivity index (χ1) is 9.51. The van der Waals surface area contributed by atoms with Gasteiger partial charge in [-0.2, -0.15) is 0 Å². The van der Waals surface area contributed by atoms with Crippen LogP contribution in [0, 0.1) is 0 Å². The number of methoxy groups -OCH3 is 1. The first kappa shape index (κ1) is 13.7. The lowest BCUT2D eigenvalue weighted by molar-refractivity contribution is 0.0696. The highest BCUT2D eigenvalue weighted by atomic mass is 16.5. The molecule has 0 aliphatic heterocycles. The molecule has 102 valence electrons. The average molecular weight is 271 g/mol. The SMILES string of the molecule is COc1cc(C(C)=O)cc(-c2ccc(C(=O)O)cc2)n1. The fraction of sp³-hybridized carbons (Fsp3) is 0.133. The van der Waals surface area contributed by atoms with Gasteiger partial charge >= 0.3 is 5.97 Å². The highest BCUT2D eigenvalue weighted by Gasteiger charge is 2.09. The summed E-state index contributed by atoms with van der Waals surface area (Å²) < 4.78 is 5.07. The normalized spacial score (nSPS) is 10.1. The molecule has 1 heterocycles. The Morgan fingerprint density at radius 3 is 2.25 bits per heavy atom. The molecule has 0 saturated carbocycles. The molecule has 0 radical (unpaired) electrons. The van der Waals surface area contributed by atoms with Crippen LogP contribution in [0.3, 0.4) is 0 Å². The summed E-state index contributed by atoms with van der Waals surface area (Å²) in [6, 6.07) is 9.50. The van der Waals surface area contributed by atoms with E-state index in [1.165, 1.54) is 26.2 Å². The molecule has 1 aromatic heterocycles. The third kappa shape index (κ3) is 2.83. The van der Waals surface area contributed by atoms with Gasteiger partial charge < -0.3 is 9.84 Å². The van der Waals surface area contributed by atoms with Crippen LogP contribution in [-0.4, -0.2) is 29.0 Å². The third-order valence-electron chi connectivity index (χ3n) is 2.85. The number of carboxylic acids is 1. The zero-order valence-electron chi connectivity index (χ0n) is 11.1. The lowest BCUT2D eigenvalue weighted by Crippen LogP contribution is -1.99. The van der Waals surface area contributed by atoms with Gasteiger partial charge in [-0.1, -0.05) is 12.1 Å². The zero-order chi connectivity index (χ0) is 14.7. The fourth-order valence-electron chi connectivity index (χ4n) is 1.74. The molecule has 0 atom stereocenters. The maximum atomic E-state index is 11.5. The number of rotatable bonds is 4. The highest BCUT2D eigenvalue weighted by Crippen LogP contribution is 2.23. The van der Waals surface area contributed by atoms with Crippen LogP contribution < -0.4 is 4.74 Å². The Bertz CT molecular complexity index is 662. The molecule has 5 heteroatoms. The molecule has 2 rings (SSSR count). The van der Waals surface area contributed by atoms with Gasteiger partial charge in [-0.15, -0.1) is 0 Å². The molecule has 20 heavy (non-hydrogen) atoms. The third-order valence-corrected chi connectivity index (χ3v) is 2.85. The molecule has 0 aliphatic rings. The summed E-state index contributed by atoms with van der Waals surface area (Å²) in [4.78, 5) is 26.5. The van der Waals surface area contributed by atoms with Crippen molar-refractivity contribution in [1.82, 2.24) is 4.98 Å². The maximum absolute atomic E-state index is 11.5. The molecule has 0 saturated heterocycles. The minimum absolute atomic E-state index is 0.0888. The van der Waals surface area contributed by atoms with E-state index >= 15 is 0 Å². The van der Waals surface area contributed by atoms with Crippen LogP contribution in [0.25, 0.3) is 11.3 Å². The number of aromatic carboxylic acids is 1. The maximum Gasteiger partial charge on any atom is 0.335 e. The van der Waals surface area contributed by atoms with Gasteiger partial charge in [-0.25, -0.2) is 9.78 Å². The van der Waals surface area contributed by atoms with Crippen molar-refractivity contribution >= 4 is 11.8 Å². The first-order valence-corrected chi connectivity index (χ1v) is 5.92. The monoisotopic (exact) mass is 271 g/mol. The van der Waals surface area contributed by atoms with Crippen molar-refractivity contribution in [3.8, 4) is 17.1 Å². The summed E-state index contributed by atoms with van der Waals surface area (Å²) in [6.07, 6.45) is 0. The van der Waals surface area contributed by atoms with E-state index in [-0.39, 0.29) is 11.3 Å². The standard InChI is InChI=1S/C15H13NO4/c1-9(17)12-7-13(16-14(8-12)20-2)10-3-5-11(6-4-10)15(18)19/h3-8H,1-2H3,(H,18,19). The molecule has 0 amide bonds. The van der Waals surface area contributed by atoms with Gasteiger partial charge in [0.1, 0.15) is 0 Å². The second-order valence-corrected chi connectivity index (χ2v) is 4.22. The van der Waals surface area contributed by atoms with E-state index in [2.05, 4.69) is 4.98 Å². The lowest BCUT2D eigenvalue weighted by Gasteiger charge is -2.07. The van der Waals surface area contributed by atoms with Crippen LogP contribution in [0.15, 0.2) is 36.4 Å². The van der Waals surface area contributed by atoms with Crippen LogP contribution in [0.4, 0.5) is 0 Å². The van der Waals surface area contributed by atoms with Gasteiger partial charge in [0.15, 0.2) is 5.78 Å². The summed E-state index contributed by atoms with van der Waals surface area (Å²) in [5.41, 5.74) is 1.97. The van der Waals surface area contributed by atoms with Crippen molar-refractivity contribution in [3.63, 3.8) is 0 Å². The van der Waals surface area contributed by atoms with Crippen molar-refractivity contribution in [1.29, 1.82) is 0 Å². The molecular formula is C15H13NO4. The molecule has 0 aliphatic carbocycles. The number of nitrogens with zero attached hydrogens (tertiary/aromatic N) is 1. The number of pyridine rings is 1. The Hall–Kier alpha value is -2.69. The predicted octanol–water partition coefficient (Wildman–Crippen LogP) is 2.66. The van der Waals surface area contributed by atoms with Crippen LogP contribution >= 0.6 is 0 Å². The molecule has 2 aromatic rings. The number of hydrogen-bond acceptors (Lipinski definition) is 4. The van der Waals surface area contributed by atoms with Gasteiger partial charge in [-0.05, 0) is 25.1 Å².